The largest absolute Gasteiger partial charge is 0.103 e. The molecule has 0 saturated carbocycles. The Morgan fingerprint density at radius 3 is 2.58 bits per heavy atom. The summed E-state index contributed by atoms with van der Waals surface area (Å²) in [6.45, 7) is 6.00. The summed E-state index contributed by atoms with van der Waals surface area (Å²) in [4.78, 5) is 0. The first-order valence-electron chi connectivity index (χ1n) is 4.74. The number of rotatable bonds is 7. The van der Waals surface area contributed by atoms with Gasteiger partial charge in [-0.2, -0.15) is 0 Å². The summed E-state index contributed by atoms with van der Waals surface area (Å²) >= 11 is 2.32. The van der Waals surface area contributed by atoms with Crippen LogP contribution in [0.5, 0.6) is 0 Å². The zero-order valence-electron chi connectivity index (χ0n) is 7.98. The van der Waals surface area contributed by atoms with Gasteiger partial charge in [0.25, 0.3) is 0 Å². The van der Waals surface area contributed by atoms with Crippen LogP contribution in [0.2, 0.25) is 0 Å². The first-order valence-corrected chi connectivity index (χ1v) is 5.98. The average Bonchev–Trinajstić information content (AvgIpc) is 2.10. The van der Waals surface area contributed by atoms with Crippen LogP contribution in [0.4, 0.5) is 0 Å². The fourth-order valence-electron chi connectivity index (χ4n) is 1.17. The predicted molar refractivity (Wildman–Crippen MR) is 65.7 cm³/mol. The molecule has 0 fully saturated rings. The van der Waals surface area contributed by atoms with Crippen molar-refractivity contribution in [1.82, 2.24) is 0 Å². The van der Waals surface area contributed by atoms with Crippen LogP contribution in [0.1, 0.15) is 45.4 Å². The molecule has 0 heterocycles. The summed E-state index contributed by atoms with van der Waals surface area (Å²) in [6, 6.07) is 0. The minimum absolute atomic E-state index is 1.06. The summed E-state index contributed by atoms with van der Waals surface area (Å²) in [7, 11) is 0. The standard InChI is InChI=1S/C11H19I/c1-3-5-6-7-9-11(10-12)8-4-2/h4,10H,2-3,5-9H2,1H3/b11-10+. The van der Waals surface area contributed by atoms with E-state index in [9.17, 15) is 0 Å². The van der Waals surface area contributed by atoms with Crippen molar-refractivity contribution in [2.45, 2.75) is 45.4 Å². The van der Waals surface area contributed by atoms with Crippen LogP contribution in [-0.4, -0.2) is 0 Å². The minimum Gasteiger partial charge on any atom is -0.103 e. The molecule has 0 spiro atoms. The van der Waals surface area contributed by atoms with Crippen LogP contribution in [0.25, 0.3) is 0 Å². The van der Waals surface area contributed by atoms with E-state index >= 15 is 0 Å². The Morgan fingerprint density at radius 1 is 1.33 bits per heavy atom. The molecule has 0 aromatic carbocycles. The molecular weight excluding hydrogens is 259 g/mol. The van der Waals surface area contributed by atoms with Crippen LogP contribution in [0, 0.1) is 0 Å². The highest BCUT2D eigenvalue weighted by Crippen LogP contribution is 2.15. The molecule has 70 valence electrons. The minimum atomic E-state index is 1.06. The number of halogens is 1. The lowest BCUT2D eigenvalue weighted by molar-refractivity contribution is 0.661. The topological polar surface area (TPSA) is 0 Å². The fraction of sp³-hybridized carbons (Fsp3) is 0.636. The van der Waals surface area contributed by atoms with Gasteiger partial charge in [-0.25, -0.2) is 0 Å². The van der Waals surface area contributed by atoms with Crippen LogP contribution in [-0.2, 0) is 0 Å². The Hall–Kier alpha value is 0.210. The highest BCUT2D eigenvalue weighted by atomic mass is 127. The highest BCUT2D eigenvalue weighted by molar-refractivity contribution is 14.1. The second-order valence-electron chi connectivity index (χ2n) is 3.07. The van der Waals surface area contributed by atoms with Gasteiger partial charge in [0.2, 0.25) is 0 Å². The van der Waals surface area contributed by atoms with Gasteiger partial charge in [-0.3, -0.25) is 0 Å². The van der Waals surface area contributed by atoms with E-state index in [4.69, 9.17) is 0 Å². The second-order valence-corrected chi connectivity index (χ2v) is 3.69. The number of hydrogen-bond acceptors (Lipinski definition) is 0. The van der Waals surface area contributed by atoms with E-state index in [1.54, 1.807) is 0 Å². The summed E-state index contributed by atoms with van der Waals surface area (Å²) in [6.07, 6.45) is 9.74. The molecule has 0 unspecified atom stereocenters. The van der Waals surface area contributed by atoms with E-state index < -0.39 is 0 Å². The third-order valence-corrected chi connectivity index (χ3v) is 2.79. The van der Waals surface area contributed by atoms with E-state index in [0.29, 0.717) is 0 Å². The predicted octanol–water partition coefficient (Wildman–Crippen LogP) is 4.85. The first-order chi connectivity index (χ1) is 5.85. The van der Waals surface area contributed by atoms with Crippen molar-refractivity contribution in [3.05, 3.63) is 22.3 Å². The van der Waals surface area contributed by atoms with Gasteiger partial charge in [0.05, 0.1) is 0 Å². The summed E-state index contributed by atoms with van der Waals surface area (Å²) in [5, 5.41) is 0. The van der Waals surface area contributed by atoms with Crippen molar-refractivity contribution in [2.75, 3.05) is 0 Å². The first kappa shape index (κ1) is 12.2. The molecule has 0 aromatic rings. The van der Waals surface area contributed by atoms with E-state index in [2.05, 4.69) is 40.2 Å². The number of unbranched alkanes of at least 4 members (excludes halogenated alkanes) is 3. The normalized spacial score (nSPS) is 11.7. The van der Waals surface area contributed by atoms with Gasteiger partial charge in [-0.15, -0.1) is 6.58 Å². The Balaban J connectivity index is 3.39. The molecule has 0 rings (SSSR count). The molecule has 0 aliphatic heterocycles. The molecule has 0 atom stereocenters. The van der Waals surface area contributed by atoms with Crippen molar-refractivity contribution in [3.63, 3.8) is 0 Å². The lowest BCUT2D eigenvalue weighted by atomic mass is 10.1. The summed E-state index contributed by atoms with van der Waals surface area (Å²) < 4.78 is 2.20. The lowest BCUT2D eigenvalue weighted by Crippen LogP contribution is -1.82. The Kier molecular flexibility index (Phi) is 9.46. The molecular formula is C11H19I. The van der Waals surface area contributed by atoms with Gasteiger partial charge < -0.3 is 0 Å². The fourth-order valence-corrected chi connectivity index (χ4v) is 1.73. The second kappa shape index (κ2) is 9.30. The van der Waals surface area contributed by atoms with E-state index in [0.717, 1.165) is 6.42 Å². The maximum absolute atomic E-state index is 3.75. The third-order valence-electron chi connectivity index (χ3n) is 1.91. The molecule has 0 N–H and O–H groups in total. The van der Waals surface area contributed by atoms with Gasteiger partial charge in [-0.1, -0.05) is 60.4 Å². The monoisotopic (exact) mass is 278 g/mol. The van der Waals surface area contributed by atoms with Crippen molar-refractivity contribution in [1.29, 1.82) is 0 Å². The zero-order chi connectivity index (χ0) is 9.23. The molecule has 0 aromatic heterocycles. The van der Waals surface area contributed by atoms with Gasteiger partial charge in [0.1, 0.15) is 0 Å². The van der Waals surface area contributed by atoms with Crippen LogP contribution in [0.3, 0.4) is 0 Å². The Bertz CT molecular complexity index is 136. The molecule has 0 radical (unpaired) electrons. The molecule has 1 heteroatoms. The number of hydrogen-bond donors (Lipinski definition) is 0. The molecule has 0 aliphatic carbocycles. The maximum Gasteiger partial charge on any atom is -0.0134 e. The molecule has 0 bridgehead atoms. The van der Waals surface area contributed by atoms with E-state index in [1.807, 2.05) is 6.08 Å². The number of allylic oxidation sites excluding steroid dienone is 2. The molecule has 0 nitrogen and oxygen atoms in total. The zero-order valence-corrected chi connectivity index (χ0v) is 10.1. The SMILES string of the molecule is C=CC/C(=C\I)CCCCCC. The van der Waals surface area contributed by atoms with Crippen LogP contribution < -0.4 is 0 Å². The Labute approximate surface area is 90.3 Å². The van der Waals surface area contributed by atoms with Crippen LogP contribution >= 0.6 is 22.6 Å². The van der Waals surface area contributed by atoms with Gasteiger partial charge in [0, 0.05) is 0 Å². The molecule has 0 amide bonds. The lowest BCUT2D eigenvalue weighted by Gasteiger charge is -2.02. The average molecular weight is 278 g/mol. The summed E-state index contributed by atoms with van der Waals surface area (Å²) in [5.74, 6) is 0. The Morgan fingerprint density at radius 2 is 2.08 bits per heavy atom. The maximum atomic E-state index is 3.75. The highest BCUT2D eigenvalue weighted by Gasteiger charge is 1.93. The van der Waals surface area contributed by atoms with Crippen LogP contribution in [0.15, 0.2) is 22.3 Å². The van der Waals surface area contributed by atoms with Gasteiger partial charge in [-0.05, 0) is 23.3 Å². The van der Waals surface area contributed by atoms with Crippen molar-refractivity contribution in [2.24, 2.45) is 0 Å². The molecule has 0 aliphatic rings. The van der Waals surface area contributed by atoms with Crippen molar-refractivity contribution >= 4 is 22.6 Å². The van der Waals surface area contributed by atoms with E-state index in [-0.39, 0.29) is 0 Å². The summed E-state index contributed by atoms with van der Waals surface area (Å²) in [5.41, 5.74) is 1.53. The van der Waals surface area contributed by atoms with Crippen molar-refractivity contribution in [3.8, 4) is 0 Å². The molecule has 0 saturated heterocycles. The van der Waals surface area contributed by atoms with E-state index in [1.165, 1.54) is 37.7 Å². The molecule has 12 heavy (non-hydrogen) atoms. The van der Waals surface area contributed by atoms with Gasteiger partial charge in [0.15, 0.2) is 0 Å². The quantitative estimate of drug-likeness (QED) is 0.354. The van der Waals surface area contributed by atoms with Crippen molar-refractivity contribution < 1.29 is 0 Å². The smallest absolute Gasteiger partial charge is 0.0134 e. The van der Waals surface area contributed by atoms with Gasteiger partial charge >= 0.3 is 0 Å². The third kappa shape index (κ3) is 6.89.